The third-order valence-corrected chi connectivity index (χ3v) is 3.26. The summed E-state index contributed by atoms with van der Waals surface area (Å²) in [5, 5.41) is 0. The monoisotopic (exact) mass is 222 g/mol. The molecule has 2 rings (SSSR count). The van der Waals surface area contributed by atoms with Crippen LogP contribution in [0.15, 0.2) is 22.8 Å². The van der Waals surface area contributed by atoms with Crippen LogP contribution in [0.1, 0.15) is 27.2 Å². The molecule has 0 aliphatic carbocycles. The molecule has 0 N–H and O–H groups in total. The predicted octanol–water partition coefficient (Wildman–Crippen LogP) is 2.59. The lowest BCUT2D eigenvalue weighted by atomic mass is 10.1. The second-order valence-electron chi connectivity index (χ2n) is 5.45. The molecule has 3 heteroatoms. The maximum Gasteiger partial charge on any atom is 0.195 e. The van der Waals surface area contributed by atoms with Crippen molar-refractivity contribution in [3.05, 3.63) is 18.4 Å². The number of hydrogen-bond donors (Lipinski definition) is 0. The van der Waals surface area contributed by atoms with Crippen LogP contribution in [0.25, 0.3) is 0 Å². The number of nitrogens with zero attached hydrogens (tertiary/aromatic N) is 2. The Bertz CT molecular complexity index is 313. The van der Waals surface area contributed by atoms with Gasteiger partial charge >= 0.3 is 0 Å². The van der Waals surface area contributed by atoms with Crippen molar-refractivity contribution in [3.63, 3.8) is 0 Å². The Morgan fingerprint density at radius 1 is 1.12 bits per heavy atom. The fraction of sp³-hybridized carbons (Fsp3) is 0.692. The van der Waals surface area contributed by atoms with Gasteiger partial charge in [-0.05, 0) is 33.3 Å². The summed E-state index contributed by atoms with van der Waals surface area (Å²) >= 11 is 0. The number of hydrogen-bond acceptors (Lipinski definition) is 3. The molecule has 0 radical (unpaired) electrons. The predicted molar refractivity (Wildman–Crippen MR) is 66.9 cm³/mol. The Morgan fingerprint density at radius 2 is 1.94 bits per heavy atom. The average Bonchev–Trinajstić information content (AvgIpc) is 2.60. The molecule has 1 aliphatic heterocycles. The second-order valence-corrected chi connectivity index (χ2v) is 5.45. The fourth-order valence-corrected chi connectivity index (χ4v) is 2.26. The lowest BCUT2D eigenvalue weighted by molar-refractivity contribution is 0.148. The van der Waals surface area contributed by atoms with Crippen LogP contribution in [-0.4, -0.2) is 36.6 Å². The summed E-state index contributed by atoms with van der Waals surface area (Å²) in [7, 11) is 0. The van der Waals surface area contributed by atoms with Gasteiger partial charge in [-0.15, -0.1) is 0 Å². The molecule has 3 nitrogen and oxygen atoms in total. The third kappa shape index (κ3) is 2.59. The van der Waals surface area contributed by atoms with Gasteiger partial charge in [-0.1, -0.05) is 0 Å². The summed E-state index contributed by atoms with van der Waals surface area (Å²) in [5.41, 5.74) is 0.277. The van der Waals surface area contributed by atoms with Crippen molar-refractivity contribution in [2.45, 2.75) is 32.7 Å². The maximum absolute atomic E-state index is 5.46. The van der Waals surface area contributed by atoms with Crippen LogP contribution in [-0.2, 0) is 0 Å². The van der Waals surface area contributed by atoms with Gasteiger partial charge in [0.05, 0.1) is 6.26 Å². The zero-order valence-corrected chi connectivity index (χ0v) is 10.6. The zero-order valence-electron chi connectivity index (χ0n) is 10.6. The van der Waals surface area contributed by atoms with Gasteiger partial charge in [0.1, 0.15) is 0 Å². The van der Waals surface area contributed by atoms with E-state index < -0.39 is 0 Å². The molecule has 16 heavy (non-hydrogen) atoms. The van der Waals surface area contributed by atoms with Crippen molar-refractivity contribution in [1.29, 1.82) is 0 Å². The van der Waals surface area contributed by atoms with E-state index in [4.69, 9.17) is 4.42 Å². The van der Waals surface area contributed by atoms with Crippen molar-refractivity contribution in [2.24, 2.45) is 0 Å². The highest BCUT2D eigenvalue weighted by molar-refractivity contribution is 5.34. The van der Waals surface area contributed by atoms with Crippen LogP contribution < -0.4 is 4.90 Å². The summed E-state index contributed by atoms with van der Waals surface area (Å²) in [6.45, 7) is 11.3. The molecule has 2 heterocycles. The quantitative estimate of drug-likeness (QED) is 0.728. The Morgan fingerprint density at radius 3 is 2.56 bits per heavy atom. The molecular weight excluding hydrogens is 200 g/mol. The van der Waals surface area contributed by atoms with Gasteiger partial charge in [0, 0.05) is 37.8 Å². The van der Waals surface area contributed by atoms with Gasteiger partial charge in [0.2, 0.25) is 0 Å². The van der Waals surface area contributed by atoms with Crippen LogP contribution in [0.2, 0.25) is 0 Å². The van der Waals surface area contributed by atoms with Crippen LogP contribution in [0.5, 0.6) is 0 Å². The van der Waals surface area contributed by atoms with E-state index in [1.165, 1.54) is 13.0 Å². The van der Waals surface area contributed by atoms with Gasteiger partial charge in [0.25, 0.3) is 0 Å². The molecule has 0 aromatic carbocycles. The zero-order chi connectivity index (χ0) is 11.6. The first-order valence-corrected chi connectivity index (χ1v) is 6.11. The molecule has 0 spiro atoms. The SMILES string of the molecule is CC(C)(C)N1CCCN(c2ccco2)CC1. The van der Waals surface area contributed by atoms with E-state index in [9.17, 15) is 0 Å². The Balaban J connectivity index is 1.99. The van der Waals surface area contributed by atoms with Crippen molar-refractivity contribution in [2.75, 3.05) is 31.1 Å². The smallest absolute Gasteiger partial charge is 0.195 e. The van der Waals surface area contributed by atoms with E-state index in [1.807, 2.05) is 12.1 Å². The largest absolute Gasteiger partial charge is 0.449 e. The molecule has 0 atom stereocenters. The van der Waals surface area contributed by atoms with Crippen LogP contribution in [0.4, 0.5) is 5.88 Å². The Kier molecular flexibility index (Phi) is 3.24. The Labute approximate surface area is 98.0 Å². The molecular formula is C13H22N2O. The fourth-order valence-electron chi connectivity index (χ4n) is 2.26. The van der Waals surface area contributed by atoms with Crippen LogP contribution in [0.3, 0.4) is 0 Å². The lowest BCUT2D eigenvalue weighted by Crippen LogP contribution is -2.43. The first-order valence-electron chi connectivity index (χ1n) is 6.11. The highest BCUT2D eigenvalue weighted by Crippen LogP contribution is 2.20. The highest BCUT2D eigenvalue weighted by Gasteiger charge is 2.24. The van der Waals surface area contributed by atoms with Gasteiger partial charge < -0.3 is 9.32 Å². The van der Waals surface area contributed by atoms with Gasteiger partial charge in [-0.2, -0.15) is 0 Å². The van der Waals surface area contributed by atoms with E-state index in [2.05, 4.69) is 30.6 Å². The second kappa shape index (κ2) is 4.50. The van der Waals surface area contributed by atoms with E-state index in [0.717, 1.165) is 25.5 Å². The third-order valence-electron chi connectivity index (χ3n) is 3.26. The van der Waals surface area contributed by atoms with Gasteiger partial charge in [-0.25, -0.2) is 0 Å². The molecule has 1 aromatic heterocycles. The van der Waals surface area contributed by atoms with Gasteiger partial charge in [0.15, 0.2) is 5.88 Å². The van der Waals surface area contributed by atoms with Crippen molar-refractivity contribution < 1.29 is 4.42 Å². The molecule has 0 amide bonds. The summed E-state index contributed by atoms with van der Waals surface area (Å²) in [6.07, 6.45) is 2.96. The summed E-state index contributed by atoms with van der Waals surface area (Å²) in [6, 6.07) is 4.01. The maximum atomic E-state index is 5.46. The van der Waals surface area contributed by atoms with Crippen molar-refractivity contribution in [1.82, 2.24) is 4.90 Å². The summed E-state index contributed by atoms with van der Waals surface area (Å²) in [4.78, 5) is 4.89. The first-order chi connectivity index (χ1) is 7.57. The van der Waals surface area contributed by atoms with Crippen molar-refractivity contribution >= 4 is 5.88 Å². The molecule has 1 aliphatic rings. The minimum atomic E-state index is 0.277. The molecule has 1 saturated heterocycles. The number of rotatable bonds is 1. The standard InChI is InChI=1S/C13H22N2O/c1-13(2,3)15-8-5-7-14(9-10-15)12-6-4-11-16-12/h4,6,11H,5,7-10H2,1-3H3. The topological polar surface area (TPSA) is 19.6 Å². The highest BCUT2D eigenvalue weighted by atomic mass is 16.3. The van der Waals surface area contributed by atoms with E-state index in [1.54, 1.807) is 6.26 Å². The average molecular weight is 222 g/mol. The molecule has 90 valence electrons. The van der Waals surface area contributed by atoms with Crippen LogP contribution >= 0.6 is 0 Å². The molecule has 0 bridgehead atoms. The number of furan rings is 1. The van der Waals surface area contributed by atoms with E-state index in [-0.39, 0.29) is 5.54 Å². The molecule has 0 saturated carbocycles. The minimum Gasteiger partial charge on any atom is -0.449 e. The van der Waals surface area contributed by atoms with E-state index >= 15 is 0 Å². The van der Waals surface area contributed by atoms with Crippen molar-refractivity contribution in [3.8, 4) is 0 Å². The van der Waals surface area contributed by atoms with Gasteiger partial charge in [-0.3, -0.25) is 4.90 Å². The molecule has 0 unspecified atom stereocenters. The lowest BCUT2D eigenvalue weighted by Gasteiger charge is -2.34. The number of anilines is 1. The molecule has 1 fully saturated rings. The Hall–Kier alpha value is -0.960. The minimum absolute atomic E-state index is 0.277. The summed E-state index contributed by atoms with van der Waals surface area (Å²) < 4.78 is 5.46. The molecule has 1 aromatic rings. The first kappa shape index (κ1) is 11.5. The summed E-state index contributed by atoms with van der Waals surface area (Å²) in [5.74, 6) is 1.01. The normalized spacial score (nSPS) is 19.8. The van der Waals surface area contributed by atoms with E-state index in [0.29, 0.717) is 0 Å². The van der Waals surface area contributed by atoms with Crippen LogP contribution in [0, 0.1) is 0 Å².